The molecule has 0 aliphatic carbocycles. The van der Waals surface area contributed by atoms with Crippen molar-refractivity contribution in [2.75, 3.05) is 6.54 Å². The zero-order valence-electron chi connectivity index (χ0n) is 19.2. The van der Waals surface area contributed by atoms with Crippen LogP contribution in [0.15, 0.2) is 79.1 Å². The van der Waals surface area contributed by atoms with Crippen LogP contribution in [0.1, 0.15) is 57.6 Å². The molecule has 172 valence electrons. The molecule has 3 heterocycles. The number of pyridine rings is 1. The van der Waals surface area contributed by atoms with Crippen molar-refractivity contribution in [3.63, 3.8) is 0 Å². The van der Waals surface area contributed by atoms with E-state index in [2.05, 4.69) is 9.55 Å². The minimum atomic E-state index is -0.244. The summed E-state index contributed by atoms with van der Waals surface area (Å²) in [5.74, 6) is 0.733. The number of likely N-dealkylation sites (tertiary alicyclic amines) is 1. The number of aryl methyl sites for hydroxylation is 1. The summed E-state index contributed by atoms with van der Waals surface area (Å²) in [6.45, 7) is 3.36. The molecule has 1 aliphatic rings. The molecule has 1 fully saturated rings. The van der Waals surface area contributed by atoms with Gasteiger partial charge in [-0.05, 0) is 67.3 Å². The van der Waals surface area contributed by atoms with Crippen LogP contribution in [-0.4, -0.2) is 31.9 Å². The van der Waals surface area contributed by atoms with Crippen LogP contribution in [-0.2, 0) is 13.0 Å². The average Bonchev–Trinajstić information content (AvgIpc) is 3.48. The number of carbonyl (C=O) groups excluding carboxylic acids is 1. The van der Waals surface area contributed by atoms with Gasteiger partial charge in [-0.1, -0.05) is 30.3 Å². The molecule has 34 heavy (non-hydrogen) atoms. The molecule has 0 saturated carbocycles. The van der Waals surface area contributed by atoms with Crippen LogP contribution in [0.4, 0.5) is 4.39 Å². The number of halogens is 1. The van der Waals surface area contributed by atoms with Crippen molar-refractivity contribution < 1.29 is 9.18 Å². The van der Waals surface area contributed by atoms with E-state index in [1.807, 2.05) is 66.6 Å². The first-order chi connectivity index (χ1) is 16.6. The highest BCUT2D eigenvalue weighted by Crippen LogP contribution is 2.32. The third-order valence-electron chi connectivity index (χ3n) is 6.41. The Hall–Kier alpha value is -3.80. The van der Waals surface area contributed by atoms with Gasteiger partial charge in [-0.3, -0.25) is 9.78 Å². The molecule has 0 radical (unpaired) electrons. The van der Waals surface area contributed by atoms with E-state index in [9.17, 15) is 9.18 Å². The van der Waals surface area contributed by atoms with Crippen LogP contribution in [0, 0.1) is 12.7 Å². The van der Waals surface area contributed by atoms with Gasteiger partial charge < -0.3 is 9.47 Å². The van der Waals surface area contributed by atoms with Gasteiger partial charge in [0.2, 0.25) is 0 Å². The number of benzene rings is 2. The van der Waals surface area contributed by atoms with Gasteiger partial charge in [-0.2, -0.15) is 0 Å². The molecule has 1 unspecified atom stereocenters. The van der Waals surface area contributed by atoms with Crippen molar-refractivity contribution in [1.82, 2.24) is 19.4 Å². The van der Waals surface area contributed by atoms with E-state index in [1.54, 1.807) is 12.3 Å². The quantitative estimate of drug-likeness (QED) is 0.395. The number of nitrogens with zero attached hydrogens (tertiary/aromatic N) is 4. The molecule has 1 saturated heterocycles. The summed E-state index contributed by atoms with van der Waals surface area (Å²) in [5.41, 5.74) is 4.41. The topological polar surface area (TPSA) is 51.0 Å². The van der Waals surface area contributed by atoms with Crippen molar-refractivity contribution in [3.05, 3.63) is 119 Å². The van der Waals surface area contributed by atoms with Gasteiger partial charge in [0.15, 0.2) is 0 Å². The largest absolute Gasteiger partial charge is 0.331 e. The first-order valence-electron chi connectivity index (χ1n) is 11.6. The first kappa shape index (κ1) is 22.0. The lowest BCUT2D eigenvalue weighted by Gasteiger charge is -2.25. The Balaban J connectivity index is 1.34. The summed E-state index contributed by atoms with van der Waals surface area (Å²) in [4.78, 5) is 24.6. The second kappa shape index (κ2) is 9.59. The van der Waals surface area contributed by atoms with E-state index in [0.717, 1.165) is 41.2 Å². The molecule has 1 aliphatic heterocycles. The smallest absolute Gasteiger partial charge is 0.254 e. The second-order valence-corrected chi connectivity index (χ2v) is 8.82. The molecule has 6 heteroatoms. The van der Waals surface area contributed by atoms with Gasteiger partial charge >= 0.3 is 0 Å². The van der Waals surface area contributed by atoms with Crippen LogP contribution in [0.25, 0.3) is 0 Å². The van der Waals surface area contributed by atoms with Crippen molar-refractivity contribution in [2.45, 2.75) is 38.8 Å². The fourth-order valence-electron chi connectivity index (χ4n) is 4.69. The molecule has 5 nitrogen and oxygen atoms in total. The summed E-state index contributed by atoms with van der Waals surface area (Å²) in [7, 11) is 0. The van der Waals surface area contributed by atoms with Gasteiger partial charge in [-0.25, -0.2) is 9.37 Å². The Morgan fingerprint density at radius 1 is 1.06 bits per heavy atom. The maximum Gasteiger partial charge on any atom is 0.254 e. The predicted molar refractivity (Wildman–Crippen MR) is 129 cm³/mol. The van der Waals surface area contributed by atoms with Gasteiger partial charge in [0.1, 0.15) is 11.6 Å². The zero-order valence-corrected chi connectivity index (χ0v) is 19.2. The normalized spacial score (nSPS) is 15.6. The summed E-state index contributed by atoms with van der Waals surface area (Å²) in [5, 5.41) is 0. The number of rotatable bonds is 6. The molecule has 2 aromatic heterocycles. The highest BCUT2D eigenvalue weighted by molar-refractivity contribution is 5.94. The Bertz CT molecular complexity index is 1320. The van der Waals surface area contributed by atoms with Gasteiger partial charge in [-0.15, -0.1) is 0 Å². The van der Waals surface area contributed by atoms with Crippen molar-refractivity contribution >= 4 is 5.91 Å². The van der Waals surface area contributed by atoms with Crippen molar-refractivity contribution in [2.24, 2.45) is 0 Å². The molecule has 0 spiro atoms. The first-order valence-corrected chi connectivity index (χ1v) is 11.6. The second-order valence-electron chi connectivity index (χ2n) is 8.82. The van der Waals surface area contributed by atoms with Crippen LogP contribution in [0.2, 0.25) is 0 Å². The Kier molecular flexibility index (Phi) is 6.21. The lowest BCUT2D eigenvalue weighted by atomic mass is 10.1. The van der Waals surface area contributed by atoms with E-state index in [-0.39, 0.29) is 17.8 Å². The summed E-state index contributed by atoms with van der Waals surface area (Å²) in [6.07, 6.45) is 6.12. The molecule has 5 rings (SSSR count). The highest BCUT2D eigenvalue weighted by Gasteiger charge is 2.31. The summed E-state index contributed by atoms with van der Waals surface area (Å²) < 4.78 is 15.6. The van der Waals surface area contributed by atoms with Crippen LogP contribution >= 0.6 is 0 Å². The van der Waals surface area contributed by atoms with Gasteiger partial charge in [0.05, 0.1) is 11.7 Å². The monoisotopic (exact) mass is 454 g/mol. The van der Waals surface area contributed by atoms with Crippen LogP contribution in [0.3, 0.4) is 0 Å². The third kappa shape index (κ3) is 4.76. The maximum atomic E-state index is 13.6. The number of hydrogen-bond donors (Lipinski definition) is 0. The SMILES string of the molecule is Cc1nccn1Cc1cccc(C(=O)N2CCCC2c2cccc(Cc3cccc(F)c3)n2)c1. The number of hydrogen-bond acceptors (Lipinski definition) is 3. The molecule has 0 bridgehead atoms. The lowest BCUT2D eigenvalue weighted by Crippen LogP contribution is -2.31. The highest BCUT2D eigenvalue weighted by atomic mass is 19.1. The Morgan fingerprint density at radius 2 is 1.88 bits per heavy atom. The molecule has 4 aromatic rings. The maximum absolute atomic E-state index is 13.6. The van der Waals surface area contributed by atoms with E-state index < -0.39 is 0 Å². The zero-order chi connectivity index (χ0) is 23.5. The average molecular weight is 455 g/mol. The fourth-order valence-corrected chi connectivity index (χ4v) is 4.69. The van der Waals surface area contributed by atoms with Gasteiger partial charge in [0, 0.05) is 43.2 Å². The van der Waals surface area contributed by atoms with Crippen LogP contribution < -0.4 is 0 Å². The van der Waals surface area contributed by atoms with E-state index in [4.69, 9.17) is 4.98 Å². The van der Waals surface area contributed by atoms with Crippen molar-refractivity contribution in [3.8, 4) is 0 Å². The Labute approximate surface area is 198 Å². The molecule has 1 amide bonds. The number of carbonyl (C=O) groups is 1. The minimum Gasteiger partial charge on any atom is -0.331 e. The fraction of sp³-hybridized carbons (Fsp3) is 0.250. The lowest BCUT2D eigenvalue weighted by molar-refractivity contribution is 0.0732. The summed E-state index contributed by atoms with van der Waals surface area (Å²) in [6, 6.07) is 20.3. The molecular weight excluding hydrogens is 427 g/mol. The van der Waals surface area contributed by atoms with E-state index in [1.165, 1.54) is 12.1 Å². The van der Waals surface area contributed by atoms with Gasteiger partial charge in [0.25, 0.3) is 5.91 Å². The molecule has 0 N–H and O–H groups in total. The predicted octanol–water partition coefficient (Wildman–Crippen LogP) is 5.34. The molecule has 2 aromatic carbocycles. The van der Waals surface area contributed by atoms with E-state index in [0.29, 0.717) is 25.1 Å². The third-order valence-corrected chi connectivity index (χ3v) is 6.41. The number of amides is 1. The van der Waals surface area contributed by atoms with E-state index >= 15 is 0 Å². The minimum absolute atomic E-state index is 0.0315. The number of aromatic nitrogens is 3. The standard InChI is InChI=1S/C28H27FN4O/c1-20-30-13-15-32(20)19-22-7-2-8-23(16-22)28(34)33-14-5-12-27(33)26-11-4-10-25(31-26)18-21-6-3-9-24(29)17-21/h2-4,6-11,13,15-17,27H,5,12,14,18-19H2,1H3. The molecular formula is C28H27FN4O. The van der Waals surface area contributed by atoms with Crippen molar-refractivity contribution in [1.29, 1.82) is 0 Å². The summed E-state index contributed by atoms with van der Waals surface area (Å²) >= 11 is 0. The van der Waals surface area contributed by atoms with Crippen LogP contribution in [0.5, 0.6) is 0 Å². The molecule has 1 atom stereocenters. The Morgan fingerprint density at radius 3 is 2.71 bits per heavy atom. The number of imidazole rings is 1.